The predicted molar refractivity (Wildman–Crippen MR) is 77.2 cm³/mol. The third kappa shape index (κ3) is 3.72. The van der Waals surface area contributed by atoms with Crippen molar-refractivity contribution in [1.82, 2.24) is 4.90 Å². The lowest BCUT2D eigenvalue weighted by molar-refractivity contribution is 0.0697. The van der Waals surface area contributed by atoms with Crippen molar-refractivity contribution >= 4 is 27.5 Å². The monoisotopic (exact) mass is 312 g/mol. The van der Waals surface area contributed by atoms with Crippen LogP contribution in [0.25, 0.3) is 0 Å². The summed E-state index contributed by atoms with van der Waals surface area (Å²) >= 11 is 0. The number of aromatic carboxylic acids is 1. The number of nitrogens with zero attached hydrogens (tertiary/aromatic N) is 1. The van der Waals surface area contributed by atoms with E-state index in [0.717, 1.165) is 0 Å². The number of carboxylic acids is 1. The van der Waals surface area contributed by atoms with Gasteiger partial charge in [-0.3, -0.25) is 0 Å². The van der Waals surface area contributed by atoms with Crippen LogP contribution in [0.5, 0.6) is 0 Å². The van der Waals surface area contributed by atoms with Gasteiger partial charge in [0.05, 0.1) is 17.1 Å². The van der Waals surface area contributed by atoms with Crippen LogP contribution in [-0.4, -0.2) is 55.0 Å². The first-order chi connectivity index (χ1) is 9.78. The Labute approximate surface area is 122 Å². The van der Waals surface area contributed by atoms with Crippen molar-refractivity contribution in [2.24, 2.45) is 0 Å². The van der Waals surface area contributed by atoms with Crippen LogP contribution in [0.2, 0.25) is 0 Å². The molecule has 21 heavy (non-hydrogen) atoms. The Morgan fingerprint density at radius 1 is 1.29 bits per heavy atom. The number of carbonyl (C=O) groups excluding carboxylic acids is 1. The molecule has 0 aromatic heterocycles. The first kappa shape index (κ1) is 15.3. The van der Waals surface area contributed by atoms with Gasteiger partial charge < -0.3 is 15.3 Å². The van der Waals surface area contributed by atoms with Gasteiger partial charge in [0.2, 0.25) is 0 Å². The minimum atomic E-state index is -3.05. The van der Waals surface area contributed by atoms with Crippen LogP contribution in [0.1, 0.15) is 16.8 Å². The van der Waals surface area contributed by atoms with Gasteiger partial charge in [-0.2, -0.15) is 0 Å². The molecule has 1 saturated heterocycles. The van der Waals surface area contributed by atoms with Crippen LogP contribution in [0.15, 0.2) is 24.3 Å². The normalized spacial score (nSPS) is 20.0. The summed E-state index contributed by atoms with van der Waals surface area (Å²) < 4.78 is 22.8. The molecule has 7 nitrogen and oxygen atoms in total. The Bertz CT molecular complexity index is 654. The molecule has 0 radical (unpaired) electrons. The van der Waals surface area contributed by atoms with E-state index in [4.69, 9.17) is 5.11 Å². The molecule has 0 saturated carbocycles. The van der Waals surface area contributed by atoms with E-state index in [1.165, 1.54) is 29.2 Å². The lowest BCUT2D eigenvalue weighted by Gasteiger charge is -2.23. The molecule has 1 unspecified atom stereocenters. The van der Waals surface area contributed by atoms with Gasteiger partial charge >= 0.3 is 12.0 Å². The molecule has 1 aliphatic rings. The molecular formula is C13H16N2O5S. The van der Waals surface area contributed by atoms with Gasteiger partial charge in [0.15, 0.2) is 9.84 Å². The Morgan fingerprint density at radius 2 is 1.90 bits per heavy atom. The second-order valence-corrected chi connectivity index (χ2v) is 7.21. The van der Waals surface area contributed by atoms with E-state index in [-0.39, 0.29) is 23.1 Å². The minimum absolute atomic E-state index is 0.0190. The van der Waals surface area contributed by atoms with Gasteiger partial charge in [0.25, 0.3) is 0 Å². The fourth-order valence-electron chi connectivity index (χ4n) is 2.15. The average Bonchev–Trinajstić information content (AvgIpc) is 2.78. The van der Waals surface area contributed by atoms with Crippen molar-refractivity contribution in [3.8, 4) is 0 Å². The molecule has 1 heterocycles. The maximum absolute atomic E-state index is 12.0. The smallest absolute Gasteiger partial charge is 0.335 e. The molecule has 0 aliphatic carbocycles. The highest BCUT2D eigenvalue weighted by molar-refractivity contribution is 7.91. The largest absolute Gasteiger partial charge is 0.478 e. The van der Waals surface area contributed by atoms with Gasteiger partial charge in [0, 0.05) is 18.8 Å². The highest BCUT2D eigenvalue weighted by Gasteiger charge is 2.32. The second kappa shape index (κ2) is 5.72. The standard InChI is InChI=1S/C13H16N2O5S/c1-15(11-6-7-21(19,20)8-11)13(18)14-10-4-2-9(3-5-10)12(16)17/h2-5,11H,6-8H2,1H3,(H,14,18)(H,16,17). The third-order valence-electron chi connectivity index (χ3n) is 3.46. The highest BCUT2D eigenvalue weighted by atomic mass is 32.2. The zero-order chi connectivity index (χ0) is 15.6. The zero-order valence-electron chi connectivity index (χ0n) is 11.4. The molecular weight excluding hydrogens is 296 g/mol. The maximum Gasteiger partial charge on any atom is 0.335 e. The topological polar surface area (TPSA) is 104 Å². The van der Waals surface area contributed by atoms with Gasteiger partial charge in [-0.1, -0.05) is 0 Å². The van der Waals surface area contributed by atoms with Crippen molar-refractivity contribution in [3.05, 3.63) is 29.8 Å². The molecule has 8 heteroatoms. The van der Waals surface area contributed by atoms with E-state index in [9.17, 15) is 18.0 Å². The molecule has 1 aliphatic heterocycles. The van der Waals surface area contributed by atoms with E-state index in [1.807, 2.05) is 0 Å². The van der Waals surface area contributed by atoms with E-state index < -0.39 is 21.8 Å². The van der Waals surface area contributed by atoms with Crippen molar-refractivity contribution in [2.45, 2.75) is 12.5 Å². The van der Waals surface area contributed by atoms with Crippen LogP contribution < -0.4 is 5.32 Å². The summed E-state index contributed by atoms with van der Waals surface area (Å²) in [5.74, 6) is -0.960. The number of rotatable bonds is 3. The molecule has 1 atom stereocenters. The van der Waals surface area contributed by atoms with Crippen LogP contribution in [0, 0.1) is 0 Å². The molecule has 114 valence electrons. The van der Waals surface area contributed by atoms with Crippen LogP contribution in [0.3, 0.4) is 0 Å². The van der Waals surface area contributed by atoms with Gasteiger partial charge in [-0.15, -0.1) is 0 Å². The molecule has 0 spiro atoms. The van der Waals surface area contributed by atoms with Crippen molar-refractivity contribution < 1.29 is 23.1 Å². The minimum Gasteiger partial charge on any atom is -0.478 e. The number of nitrogens with one attached hydrogen (secondary N) is 1. The molecule has 1 fully saturated rings. The molecule has 1 aromatic rings. The lowest BCUT2D eigenvalue weighted by atomic mass is 10.2. The van der Waals surface area contributed by atoms with Crippen LogP contribution >= 0.6 is 0 Å². The first-order valence-electron chi connectivity index (χ1n) is 6.36. The third-order valence-corrected chi connectivity index (χ3v) is 5.21. The van der Waals surface area contributed by atoms with Crippen molar-refractivity contribution in [2.75, 3.05) is 23.9 Å². The number of amides is 2. The summed E-state index contributed by atoms with van der Waals surface area (Å²) in [6.45, 7) is 0. The van der Waals surface area contributed by atoms with Gasteiger partial charge in [-0.05, 0) is 30.7 Å². The van der Waals surface area contributed by atoms with Gasteiger partial charge in [0.1, 0.15) is 0 Å². The van der Waals surface area contributed by atoms with Crippen LogP contribution in [0.4, 0.5) is 10.5 Å². The summed E-state index contributed by atoms with van der Waals surface area (Å²) in [7, 11) is -1.50. The number of benzene rings is 1. The van der Waals surface area contributed by atoms with Gasteiger partial charge in [-0.25, -0.2) is 18.0 Å². The molecule has 2 amide bonds. The fourth-order valence-corrected chi connectivity index (χ4v) is 3.93. The quantitative estimate of drug-likeness (QED) is 0.867. The average molecular weight is 312 g/mol. The summed E-state index contributed by atoms with van der Waals surface area (Å²) in [5.41, 5.74) is 0.584. The number of hydrogen-bond acceptors (Lipinski definition) is 4. The zero-order valence-corrected chi connectivity index (χ0v) is 12.3. The maximum atomic E-state index is 12.0. The number of urea groups is 1. The van der Waals surface area contributed by atoms with Crippen molar-refractivity contribution in [3.63, 3.8) is 0 Å². The summed E-state index contributed by atoms with van der Waals surface area (Å²) in [4.78, 5) is 24.1. The van der Waals surface area contributed by atoms with Crippen LogP contribution in [-0.2, 0) is 9.84 Å². The summed E-state index contributed by atoms with van der Waals surface area (Å²) in [6.07, 6.45) is 0.435. The summed E-state index contributed by atoms with van der Waals surface area (Å²) in [6, 6.07) is 5.00. The van der Waals surface area contributed by atoms with E-state index in [1.54, 1.807) is 7.05 Å². The Hall–Kier alpha value is -2.09. The highest BCUT2D eigenvalue weighted by Crippen LogP contribution is 2.18. The molecule has 1 aromatic carbocycles. The Morgan fingerprint density at radius 3 is 2.38 bits per heavy atom. The summed E-state index contributed by atoms with van der Waals surface area (Å²) in [5, 5.41) is 11.4. The lowest BCUT2D eigenvalue weighted by Crippen LogP contribution is -2.40. The molecule has 2 rings (SSSR count). The Balaban J connectivity index is 1.99. The number of sulfone groups is 1. The first-order valence-corrected chi connectivity index (χ1v) is 8.18. The second-order valence-electron chi connectivity index (χ2n) is 4.98. The van der Waals surface area contributed by atoms with E-state index in [0.29, 0.717) is 12.1 Å². The Kier molecular flexibility index (Phi) is 4.17. The fraction of sp³-hybridized carbons (Fsp3) is 0.385. The SMILES string of the molecule is CN(C(=O)Nc1ccc(C(=O)O)cc1)C1CCS(=O)(=O)C1. The predicted octanol–water partition coefficient (Wildman–Crippen LogP) is 1.04. The number of carboxylic acid groups (broad SMARTS) is 1. The van der Waals surface area contributed by atoms with E-state index >= 15 is 0 Å². The molecule has 2 N–H and O–H groups in total. The van der Waals surface area contributed by atoms with E-state index in [2.05, 4.69) is 5.32 Å². The van der Waals surface area contributed by atoms with Crippen molar-refractivity contribution in [1.29, 1.82) is 0 Å². The molecule has 0 bridgehead atoms. The number of carbonyl (C=O) groups is 2. The number of hydrogen-bond donors (Lipinski definition) is 2. The number of anilines is 1.